The van der Waals surface area contributed by atoms with Gasteiger partial charge in [0.15, 0.2) is 0 Å². The fourth-order valence-corrected chi connectivity index (χ4v) is 1.43. The van der Waals surface area contributed by atoms with Crippen LogP contribution in [0, 0.1) is 19.3 Å². The van der Waals surface area contributed by atoms with Crippen molar-refractivity contribution in [1.82, 2.24) is 4.98 Å². The summed E-state index contributed by atoms with van der Waals surface area (Å²) in [5, 5.41) is 0. The fourth-order valence-electron chi connectivity index (χ4n) is 1.43. The normalized spacial score (nSPS) is 10.2. The molecule has 3 heteroatoms. The minimum absolute atomic E-state index is 0.257. The monoisotopic (exact) mass is 179 g/mol. The molecule has 1 nitrogen and oxygen atoms in total. The smallest absolute Gasteiger partial charge is 0.142 e. The van der Waals surface area contributed by atoms with E-state index >= 15 is 0 Å². The summed E-state index contributed by atoms with van der Waals surface area (Å²) in [4.78, 5) is 4.13. The minimum Gasteiger partial charge on any atom is -0.255 e. The molecule has 0 fully saturated rings. The van der Waals surface area contributed by atoms with Gasteiger partial charge in [0, 0.05) is 0 Å². The molecule has 1 heterocycles. The van der Waals surface area contributed by atoms with Crippen LogP contribution in [0.5, 0.6) is 0 Å². The quantitative estimate of drug-likeness (QED) is 0.439. The van der Waals surface area contributed by atoms with E-state index in [1.807, 2.05) is 20.8 Å². The summed E-state index contributed by atoms with van der Waals surface area (Å²) in [6.45, 7) is 5.91. The molecule has 0 atom stereocenters. The lowest BCUT2D eigenvalue weighted by Crippen LogP contribution is -2.29. The van der Waals surface area contributed by atoms with Crippen LogP contribution in [0.25, 0.3) is 0 Å². The fraction of sp³-hybridized carbons (Fsp3) is 0.364. The Hall–Kier alpha value is -1.16. The van der Waals surface area contributed by atoms with Crippen molar-refractivity contribution in [3.05, 3.63) is 16.8 Å². The van der Waals surface area contributed by atoms with Crippen LogP contribution in [0.2, 0.25) is 0 Å². The molecule has 0 aliphatic rings. The van der Waals surface area contributed by atoms with E-state index in [9.17, 15) is 0 Å². The molecule has 0 aliphatic carbocycles. The van der Waals surface area contributed by atoms with E-state index in [1.54, 1.807) is 0 Å². The zero-order chi connectivity index (χ0) is 10.9. The second kappa shape index (κ2) is 3.92. The van der Waals surface area contributed by atoms with Crippen molar-refractivity contribution in [2.75, 3.05) is 0 Å². The standard InChI is InChI=1S/C11H11B2N/c1-5-8-9(6(2)3)10(12)7(4)11(13)14-8/h1,6H,2-4H3. The molecule has 0 bridgehead atoms. The van der Waals surface area contributed by atoms with Gasteiger partial charge in [0.2, 0.25) is 0 Å². The van der Waals surface area contributed by atoms with E-state index in [-0.39, 0.29) is 5.92 Å². The maximum atomic E-state index is 5.95. The molecule has 0 aromatic carbocycles. The Morgan fingerprint density at radius 3 is 2.36 bits per heavy atom. The Kier molecular flexibility index (Phi) is 3.06. The summed E-state index contributed by atoms with van der Waals surface area (Å²) >= 11 is 0. The summed E-state index contributed by atoms with van der Waals surface area (Å²) in [6.07, 6.45) is 5.35. The van der Waals surface area contributed by atoms with E-state index in [0.717, 1.165) is 11.1 Å². The van der Waals surface area contributed by atoms with Crippen LogP contribution in [0.1, 0.15) is 36.6 Å². The van der Waals surface area contributed by atoms with Gasteiger partial charge in [-0.15, -0.1) is 6.42 Å². The molecule has 1 rings (SSSR count). The Bertz CT molecular complexity index is 403. The number of hydrogen-bond acceptors (Lipinski definition) is 1. The first-order valence-electron chi connectivity index (χ1n) is 4.51. The van der Waals surface area contributed by atoms with Crippen LogP contribution in [0.4, 0.5) is 0 Å². The first-order valence-corrected chi connectivity index (χ1v) is 4.51. The first kappa shape index (κ1) is 10.9. The Balaban J connectivity index is 3.55. The summed E-state index contributed by atoms with van der Waals surface area (Å²) in [7, 11) is 11.6. The van der Waals surface area contributed by atoms with E-state index in [1.165, 1.54) is 0 Å². The van der Waals surface area contributed by atoms with Crippen molar-refractivity contribution in [2.45, 2.75) is 26.7 Å². The molecule has 0 unspecified atom stereocenters. The van der Waals surface area contributed by atoms with Gasteiger partial charge >= 0.3 is 0 Å². The highest BCUT2D eigenvalue weighted by Crippen LogP contribution is 2.14. The third-order valence-electron chi connectivity index (χ3n) is 2.28. The number of nitrogens with zero attached hydrogens (tertiary/aromatic N) is 1. The predicted octanol–water partition coefficient (Wildman–Crippen LogP) is 0.0823. The Morgan fingerprint density at radius 1 is 1.36 bits per heavy atom. The number of hydrogen-bond donors (Lipinski definition) is 0. The zero-order valence-electron chi connectivity index (χ0n) is 8.76. The van der Waals surface area contributed by atoms with Crippen molar-refractivity contribution in [3.8, 4) is 12.3 Å². The van der Waals surface area contributed by atoms with Crippen LogP contribution in [0.15, 0.2) is 0 Å². The van der Waals surface area contributed by atoms with E-state index in [0.29, 0.717) is 16.8 Å². The molecule has 0 aliphatic heterocycles. The maximum Gasteiger partial charge on any atom is 0.142 e. The summed E-state index contributed by atoms with van der Waals surface area (Å²) in [5.74, 6) is 2.77. The number of aromatic nitrogens is 1. The van der Waals surface area contributed by atoms with Crippen molar-refractivity contribution >= 4 is 26.7 Å². The van der Waals surface area contributed by atoms with Gasteiger partial charge in [-0.25, -0.2) is 0 Å². The SMILES string of the molecule is [B]c1nc(C#C)c(C(C)C)c([B])c1C. The Labute approximate surface area is 88.1 Å². The van der Waals surface area contributed by atoms with Crippen molar-refractivity contribution in [2.24, 2.45) is 0 Å². The van der Waals surface area contributed by atoms with Gasteiger partial charge in [-0.05, 0) is 29.6 Å². The van der Waals surface area contributed by atoms with E-state index in [4.69, 9.17) is 22.1 Å². The van der Waals surface area contributed by atoms with Crippen molar-refractivity contribution in [3.63, 3.8) is 0 Å². The topological polar surface area (TPSA) is 12.9 Å². The second-order valence-corrected chi connectivity index (χ2v) is 3.60. The van der Waals surface area contributed by atoms with Crippen molar-refractivity contribution in [1.29, 1.82) is 0 Å². The number of rotatable bonds is 1. The van der Waals surface area contributed by atoms with Crippen LogP contribution >= 0.6 is 0 Å². The van der Waals surface area contributed by atoms with Crippen LogP contribution in [0.3, 0.4) is 0 Å². The van der Waals surface area contributed by atoms with Crippen molar-refractivity contribution < 1.29 is 0 Å². The van der Waals surface area contributed by atoms with Gasteiger partial charge in [-0.3, -0.25) is 4.98 Å². The number of pyridine rings is 1. The molecule has 0 spiro atoms. The predicted molar refractivity (Wildman–Crippen MR) is 61.8 cm³/mol. The summed E-state index contributed by atoms with van der Waals surface area (Å²) in [5.41, 5.74) is 3.37. The average molecular weight is 179 g/mol. The molecule has 66 valence electrons. The molecule has 4 radical (unpaired) electrons. The first-order chi connectivity index (χ1) is 6.49. The lowest BCUT2D eigenvalue weighted by Gasteiger charge is -2.16. The van der Waals surface area contributed by atoms with E-state index < -0.39 is 0 Å². The second-order valence-electron chi connectivity index (χ2n) is 3.60. The van der Waals surface area contributed by atoms with Gasteiger partial charge < -0.3 is 0 Å². The van der Waals surface area contributed by atoms with E-state index in [2.05, 4.69) is 10.9 Å². The highest BCUT2D eigenvalue weighted by molar-refractivity contribution is 6.39. The largest absolute Gasteiger partial charge is 0.255 e. The Morgan fingerprint density at radius 2 is 1.93 bits per heavy atom. The summed E-state index contributed by atoms with van der Waals surface area (Å²) < 4.78 is 0. The van der Waals surface area contributed by atoms with Gasteiger partial charge in [-0.1, -0.05) is 25.2 Å². The molecular formula is C11H11B2N. The third kappa shape index (κ3) is 1.70. The molecule has 14 heavy (non-hydrogen) atoms. The molecule has 1 aromatic rings. The molecule has 1 aromatic heterocycles. The number of terminal acetylenes is 1. The van der Waals surface area contributed by atoms with Crippen LogP contribution < -0.4 is 11.1 Å². The maximum absolute atomic E-state index is 5.95. The molecular weight excluding hydrogens is 168 g/mol. The van der Waals surface area contributed by atoms with Gasteiger partial charge in [0.1, 0.15) is 21.4 Å². The molecule has 0 saturated heterocycles. The average Bonchev–Trinajstić information content (AvgIpc) is 2.12. The highest BCUT2D eigenvalue weighted by Gasteiger charge is 2.12. The van der Waals surface area contributed by atoms with Gasteiger partial charge in [-0.2, -0.15) is 0 Å². The van der Waals surface area contributed by atoms with Crippen LogP contribution in [-0.2, 0) is 0 Å². The highest BCUT2D eigenvalue weighted by atomic mass is 14.7. The molecule has 0 saturated carbocycles. The minimum atomic E-state index is 0.257. The van der Waals surface area contributed by atoms with Gasteiger partial charge in [0.05, 0.1) is 0 Å². The molecule has 0 amide bonds. The summed E-state index contributed by atoms with van der Waals surface area (Å²) in [6, 6.07) is 0. The zero-order valence-corrected chi connectivity index (χ0v) is 8.76. The molecule has 0 N–H and O–H groups in total. The lowest BCUT2D eigenvalue weighted by atomic mass is 9.78. The van der Waals surface area contributed by atoms with Gasteiger partial charge in [0.25, 0.3) is 0 Å². The third-order valence-corrected chi connectivity index (χ3v) is 2.28. The lowest BCUT2D eigenvalue weighted by molar-refractivity contribution is 0.860. The van der Waals surface area contributed by atoms with Crippen LogP contribution in [-0.4, -0.2) is 20.7 Å².